The minimum atomic E-state index is -1.47. The van der Waals surface area contributed by atoms with Crippen molar-refractivity contribution in [1.82, 2.24) is 4.98 Å². The van der Waals surface area contributed by atoms with Gasteiger partial charge in [-0.3, -0.25) is 0 Å². The molecule has 0 aliphatic carbocycles. The zero-order valence-corrected chi connectivity index (χ0v) is 11.7. The van der Waals surface area contributed by atoms with Crippen molar-refractivity contribution in [2.75, 3.05) is 0 Å². The Balaban J connectivity index is 1.89. The molecule has 0 fully saturated rings. The quantitative estimate of drug-likeness (QED) is 0.736. The van der Waals surface area contributed by atoms with Crippen molar-refractivity contribution >= 4 is 33.5 Å². The van der Waals surface area contributed by atoms with Crippen LogP contribution < -0.4 is 0 Å². The third-order valence-corrected chi connectivity index (χ3v) is 4.17. The molecule has 20 heavy (non-hydrogen) atoms. The van der Waals surface area contributed by atoms with Gasteiger partial charge in [0.25, 0.3) is 5.22 Å². The maximum absolute atomic E-state index is 13.5. The van der Waals surface area contributed by atoms with Crippen molar-refractivity contribution < 1.29 is 13.0 Å². The molecular formula is C14H9ClFNO2S. The Morgan fingerprint density at radius 3 is 2.65 bits per heavy atom. The first kappa shape index (κ1) is 13.3. The molecule has 0 aliphatic rings. The van der Waals surface area contributed by atoms with Crippen molar-refractivity contribution in [3.8, 4) is 0 Å². The molecule has 0 saturated carbocycles. The Bertz CT molecular complexity index is 785. The van der Waals surface area contributed by atoms with Crippen LogP contribution >= 0.6 is 11.6 Å². The number of fused-ring (bicyclic) bond motifs is 1. The predicted octanol–water partition coefficient (Wildman–Crippen LogP) is 3.93. The second kappa shape index (κ2) is 5.34. The van der Waals surface area contributed by atoms with E-state index in [1.54, 1.807) is 30.3 Å². The average molecular weight is 310 g/mol. The molecule has 6 heteroatoms. The third-order valence-electron chi connectivity index (χ3n) is 2.76. The van der Waals surface area contributed by atoms with E-state index in [0.29, 0.717) is 10.6 Å². The summed E-state index contributed by atoms with van der Waals surface area (Å²) in [6.45, 7) is 0. The molecule has 1 unspecified atom stereocenters. The highest BCUT2D eigenvalue weighted by Crippen LogP contribution is 2.22. The molecule has 0 aliphatic heterocycles. The fourth-order valence-electron chi connectivity index (χ4n) is 1.79. The van der Waals surface area contributed by atoms with Gasteiger partial charge in [0.15, 0.2) is 11.4 Å². The van der Waals surface area contributed by atoms with E-state index in [4.69, 9.17) is 16.0 Å². The Labute approximate surface area is 121 Å². The van der Waals surface area contributed by atoms with Gasteiger partial charge in [0.1, 0.15) is 16.3 Å². The summed E-state index contributed by atoms with van der Waals surface area (Å²) in [6, 6.07) is 11.4. The number of nitrogens with zero attached hydrogens (tertiary/aromatic N) is 1. The van der Waals surface area contributed by atoms with E-state index in [1.807, 2.05) is 0 Å². The highest BCUT2D eigenvalue weighted by atomic mass is 35.5. The van der Waals surface area contributed by atoms with E-state index in [2.05, 4.69) is 4.98 Å². The monoisotopic (exact) mass is 309 g/mol. The van der Waals surface area contributed by atoms with Crippen LogP contribution in [-0.2, 0) is 16.6 Å². The van der Waals surface area contributed by atoms with Gasteiger partial charge >= 0.3 is 0 Å². The van der Waals surface area contributed by atoms with Crippen molar-refractivity contribution in [1.29, 1.82) is 0 Å². The molecule has 3 nitrogen and oxygen atoms in total. The van der Waals surface area contributed by atoms with Crippen LogP contribution in [0.15, 0.2) is 52.1 Å². The molecule has 0 N–H and O–H groups in total. The highest BCUT2D eigenvalue weighted by Gasteiger charge is 2.15. The lowest BCUT2D eigenvalue weighted by molar-refractivity contribution is 0.477. The van der Waals surface area contributed by atoms with Gasteiger partial charge in [-0.15, -0.1) is 0 Å². The van der Waals surface area contributed by atoms with Crippen LogP contribution in [0, 0.1) is 5.82 Å². The summed E-state index contributed by atoms with van der Waals surface area (Å²) >= 11 is 5.79. The van der Waals surface area contributed by atoms with Crippen LogP contribution in [0.5, 0.6) is 0 Å². The number of oxazole rings is 1. The molecule has 0 saturated heterocycles. The van der Waals surface area contributed by atoms with Crippen LogP contribution in [0.3, 0.4) is 0 Å². The number of halogens is 2. The van der Waals surface area contributed by atoms with Crippen LogP contribution in [-0.4, -0.2) is 9.19 Å². The van der Waals surface area contributed by atoms with Gasteiger partial charge in [-0.25, -0.2) is 8.60 Å². The topological polar surface area (TPSA) is 43.1 Å². The second-order valence-electron chi connectivity index (χ2n) is 4.18. The molecule has 2 aromatic carbocycles. The van der Waals surface area contributed by atoms with E-state index in [9.17, 15) is 8.60 Å². The largest absolute Gasteiger partial charge is 0.430 e. The summed E-state index contributed by atoms with van der Waals surface area (Å²) < 4.78 is 31.0. The lowest BCUT2D eigenvalue weighted by Crippen LogP contribution is -1.96. The summed E-state index contributed by atoms with van der Waals surface area (Å²) in [5, 5.41) is 0.642. The lowest BCUT2D eigenvalue weighted by atomic mass is 10.2. The van der Waals surface area contributed by atoms with Gasteiger partial charge in [-0.05, 0) is 29.8 Å². The molecule has 1 aromatic heterocycles. The molecule has 0 amide bonds. The highest BCUT2D eigenvalue weighted by molar-refractivity contribution is 7.84. The van der Waals surface area contributed by atoms with E-state index < -0.39 is 16.6 Å². The first-order chi connectivity index (χ1) is 9.63. The predicted molar refractivity (Wildman–Crippen MR) is 75.5 cm³/mol. The van der Waals surface area contributed by atoms with Gasteiger partial charge in [-0.2, -0.15) is 4.98 Å². The Hall–Kier alpha value is -1.72. The van der Waals surface area contributed by atoms with E-state index in [1.165, 1.54) is 12.1 Å². The molecule has 3 aromatic rings. The van der Waals surface area contributed by atoms with Crippen molar-refractivity contribution in [2.24, 2.45) is 0 Å². The summed E-state index contributed by atoms with van der Waals surface area (Å²) in [4.78, 5) is 3.96. The normalized spacial score (nSPS) is 12.7. The molecule has 3 rings (SSSR count). The lowest BCUT2D eigenvalue weighted by Gasteiger charge is -1.98. The molecule has 0 radical (unpaired) electrons. The van der Waals surface area contributed by atoms with E-state index in [0.717, 1.165) is 5.56 Å². The number of para-hydroxylation sites is 1. The summed E-state index contributed by atoms with van der Waals surface area (Å²) in [5.41, 5.74) is 1.24. The minimum Gasteiger partial charge on any atom is -0.430 e. The molecule has 1 heterocycles. The fourth-order valence-corrected chi connectivity index (χ4v) is 2.91. The molecule has 0 spiro atoms. The van der Waals surface area contributed by atoms with Gasteiger partial charge in [-0.1, -0.05) is 29.8 Å². The number of aromatic nitrogens is 1. The molecule has 0 bridgehead atoms. The Morgan fingerprint density at radius 2 is 1.95 bits per heavy atom. The van der Waals surface area contributed by atoms with Crippen LogP contribution in [0.4, 0.5) is 4.39 Å². The molecule has 1 atom stereocenters. The van der Waals surface area contributed by atoms with Gasteiger partial charge < -0.3 is 4.42 Å². The Morgan fingerprint density at radius 1 is 1.20 bits per heavy atom. The van der Waals surface area contributed by atoms with E-state index >= 15 is 0 Å². The van der Waals surface area contributed by atoms with Crippen molar-refractivity contribution in [3.63, 3.8) is 0 Å². The molecular weight excluding hydrogens is 301 g/mol. The van der Waals surface area contributed by atoms with Crippen LogP contribution in [0.1, 0.15) is 5.56 Å². The SMILES string of the molecule is O=S(Cc1ccc(Cl)cc1)c1nc2c(F)cccc2o1. The minimum absolute atomic E-state index is 0.0278. The first-order valence-corrected chi connectivity index (χ1v) is 7.51. The zero-order chi connectivity index (χ0) is 14.1. The van der Waals surface area contributed by atoms with Crippen molar-refractivity contribution in [2.45, 2.75) is 11.0 Å². The maximum atomic E-state index is 13.5. The summed E-state index contributed by atoms with van der Waals surface area (Å²) in [7, 11) is -1.47. The maximum Gasteiger partial charge on any atom is 0.288 e. The number of benzene rings is 2. The third kappa shape index (κ3) is 2.59. The molecule has 102 valence electrons. The van der Waals surface area contributed by atoms with E-state index in [-0.39, 0.29) is 16.5 Å². The van der Waals surface area contributed by atoms with Gasteiger partial charge in [0.05, 0.1) is 5.75 Å². The summed E-state index contributed by atoms with van der Waals surface area (Å²) in [6.07, 6.45) is 0. The number of rotatable bonds is 3. The zero-order valence-electron chi connectivity index (χ0n) is 10.2. The summed E-state index contributed by atoms with van der Waals surface area (Å²) in [5.74, 6) is -0.244. The first-order valence-electron chi connectivity index (χ1n) is 5.81. The second-order valence-corrected chi connectivity index (χ2v) is 5.95. The van der Waals surface area contributed by atoms with Crippen LogP contribution in [0.2, 0.25) is 5.02 Å². The smallest absolute Gasteiger partial charge is 0.288 e. The van der Waals surface area contributed by atoms with Gasteiger partial charge in [0.2, 0.25) is 0 Å². The average Bonchev–Trinajstić information content (AvgIpc) is 2.87. The number of hydrogen-bond donors (Lipinski definition) is 0. The standard InChI is InChI=1S/C14H9ClFNO2S/c15-10-6-4-9(5-7-10)8-20(18)14-17-13-11(16)2-1-3-12(13)19-14/h1-7H,8H2. The van der Waals surface area contributed by atoms with Crippen molar-refractivity contribution in [3.05, 3.63) is 58.9 Å². The van der Waals surface area contributed by atoms with Gasteiger partial charge in [0, 0.05) is 5.02 Å². The number of hydrogen-bond acceptors (Lipinski definition) is 3. The Kier molecular flexibility index (Phi) is 3.54. The fraction of sp³-hybridized carbons (Fsp3) is 0.0714. The van der Waals surface area contributed by atoms with Crippen LogP contribution in [0.25, 0.3) is 11.1 Å².